The largest absolute Gasteiger partial charge is 0.496 e. The van der Waals surface area contributed by atoms with Crippen molar-refractivity contribution in [2.75, 3.05) is 13.7 Å². The van der Waals surface area contributed by atoms with Crippen molar-refractivity contribution in [1.29, 1.82) is 0 Å². The van der Waals surface area contributed by atoms with Gasteiger partial charge in [0.05, 0.1) is 25.4 Å². The molecule has 7 heteroatoms. The number of hydrogen-bond acceptors (Lipinski definition) is 5. The van der Waals surface area contributed by atoms with Crippen molar-refractivity contribution in [2.24, 2.45) is 17.3 Å². The number of ether oxygens (including phenoxy) is 2. The Morgan fingerprint density at radius 1 is 1.07 bits per heavy atom. The van der Waals surface area contributed by atoms with Crippen molar-refractivity contribution in [3.05, 3.63) is 65.2 Å². The number of hydrogen-bond donors (Lipinski definition) is 2. The first kappa shape index (κ1) is 33.0. The summed E-state index contributed by atoms with van der Waals surface area (Å²) in [5.41, 5.74) is 2.50. The summed E-state index contributed by atoms with van der Waals surface area (Å²) in [6.45, 7) is 17.9. The fourth-order valence-electron chi connectivity index (χ4n) is 6.94. The van der Waals surface area contributed by atoms with E-state index in [2.05, 4.69) is 72.8 Å². The van der Waals surface area contributed by atoms with Crippen LogP contribution in [0.3, 0.4) is 0 Å². The minimum Gasteiger partial charge on any atom is -0.496 e. The average molecular weight is 593 g/mol. The van der Waals surface area contributed by atoms with Crippen molar-refractivity contribution in [1.82, 2.24) is 10.2 Å². The Morgan fingerprint density at radius 3 is 2.28 bits per heavy atom. The Kier molecular flexibility index (Phi) is 9.68. The van der Waals surface area contributed by atoms with Gasteiger partial charge in [-0.1, -0.05) is 84.0 Å². The number of likely N-dealkylation sites (tertiary alicyclic amines) is 1. The van der Waals surface area contributed by atoms with Crippen molar-refractivity contribution >= 4 is 11.9 Å². The number of methoxy groups -OCH3 is 1. The Hall–Kier alpha value is -2.90. The SMILES string of the molecule is COc1ccc(C(C)(C)C)cc1CN[C@H]1[C@H](C(C)(C)C)[C@@H](C(=O)O)N(C(=O)CC2CCC(C)(C)OC2)[C@H]1c1ccccc1. The van der Waals surface area contributed by atoms with Crippen molar-refractivity contribution in [2.45, 2.75) is 110 Å². The van der Waals surface area contributed by atoms with Gasteiger partial charge in [-0.15, -0.1) is 0 Å². The quantitative estimate of drug-likeness (QED) is 0.353. The third-order valence-corrected chi connectivity index (χ3v) is 9.35. The van der Waals surface area contributed by atoms with E-state index in [1.165, 1.54) is 5.56 Å². The lowest BCUT2D eigenvalue weighted by molar-refractivity contribution is -0.153. The Bertz CT molecular complexity index is 1270. The molecule has 1 unspecified atom stereocenters. The molecular formula is C36H52N2O5. The van der Waals surface area contributed by atoms with E-state index in [0.29, 0.717) is 13.2 Å². The highest BCUT2D eigenvalue weighted by molar-refractivity contribution is 5.86. The molecule has 236 valence electrons. The van der Waals surface area contributed by atoms with E-state index in [0.717, 1.165) is 29.7 Å². The first-order valence-electron chi connectivity index (χ1n) is 15.7. The molecule has 4 rings (SSSR count). The number of aliphatic carboxylic acids is 1. The molecule has 2 aromatic carbocycles. The number of carbonyl (C=O) groups excluding carboxylic acids is 1. The molecule has 2 N–H and O–H groups in total. The molecule has 0 spiro atoms. The number of carboxylic acid groups (broad SMARTS) is 1. The fraction of sp³-hybridized carbons (Fsp3) is 0.611. The van der Waals surface area contributed by atoms with Gasteiger partial charge in [0.25, 0.3) is 0 Å². The maximum Gasteiger partial charge on any atom is 0.326 e. The number of carboxylic acids is 1. The molecule has 2 saturated heterocycles. The van der Waals surface area contributed by atoms with E-state index in [4.69, 9.17) is 9.47 Å². The average Bonchev–Trinajstić information content (AvgIpc) is 3.29. The van der Waals surface area contributed by atoms with E-state index in [9.17, 15) is 14.7 Å². The molecule has 2 aliphatic rings. The molecule has 1 amide bonds. The van der Waals surface area contributed by atoms with Crippen LogP contribution in [0.15, 0.2) is 48.5 Å². The molecule has 2 aliphatic heterocycles. The molecule has 0 radical (unpaired) electrons. The summed E-state index contributed by atoms with van der Waals surface area (Å²) in [5.74, 6) is -0.592. The molecule has 5 atom stereocenters. The van der Waals surface area contributed by atoms with E-state index in [1.807, 2.05) is 36.4 Å². The lowest BCUT2D eigenvalue weighted by Gasteiger charge is -2.37. The number of nitrogens with one attached hydrogen (secondary N) is 1. The second-order valence-corrected chi connectivity index (χ2v) is 15.2. The van der Waals surface area contributed by atoms with Gasteiger partial charge in [-0.3, -0.25) is 4.79 Å². The highest BCUT2D eigenvalue weighted by Crippen LogP contribution is 2.49. The summed E-state index contributed by atoms with van der Waals surface area (Å²) in [4.78, 5) is 29.1. The smallest absolute Gasteiger partial charge is 0.326 e. The minimum absolute atomic E-state index is 0.0371. The van der Waals surface area contributed by atoms with Crippen LogP contribution in [-0.2, 0) is 26.3 Å². The number of carbonyl (C=O) groups is 2. The second-order valence-electron chi connectivity index (χ2n) is 15.2. The molecule has 2 heterocycles. The molecule has 7 nitrogen and oxygen atoms in total. The van der Waals surface area contributed by atoms with E-state index >= 15 is 0 Å². The maximum atomic E-state index is 14.3. The summed E-state index contributed by atoms with van der Waals surface area (Å²) in [5, 5.41) is 14.5. The molecular weight excluding hydrogens is 540 g/mol. The summed E-state index contributed by atoms with van der Waals surface area (Å²) in [7, 11) is 1.67. The first-order valence-corrected chi connectivity index (χ1v) is 15.7. The van der Waals surface area contributed by atoms with Gasteiger partial charge in [0.15, 0.2) is 0 Å². The Balaban J connectivity index is 1.75. The summed E-state index contributed by atoms with van der Waals surface area (Å²) < 4.78 is 11.8. The van der Waals surface area contributed by atoms with Crippen LogP contribution >= 0.6 is 0 Å². The van der Waals surface area contributed by atoms with Gasteiger partial charge in [-0.05, 0) is 60.6 Å². The van der Waals surface area contributed by atoms with E-state index in [1.54, 1.807) is 12.0 Å². The lowest BCUT2D eigenvalue weighted by Crippen LogP contribution is -2.48. The van der Waals surface area contributed by atoms with Crippen LogP contribution < -0.4 is 10.1 Å². The third-order valence-electron chi connectivity index (χ3n) is 9.35. The zero-order valence-corrected chi connectivity index (χ0v) is 27.6. The summed E-state index contributed by atoms with van der Waals surface area (Å²) in [6.07, 6.45) is 2.03. The topological polar surface area (TPSA) is 88.1 Å². The van der Waals surface area contributed by atoms with Gasteiger partial charge < -0.3 is 24.8 Å². The van der Waals surface area contributed by atoms with Crippen LogP contribution in [-0.4, -0.2) is 53.3 Å². The van der Waals surface area contributed by atoms with Crippen LogP contribution in [0.2, 0.25) is 0 Å². The monoisotopic (exact) mass is 592 g/mol. The molecule has 0 aromatic heterocycles. The summed E-state index contributed by atoms with van der Waals surface area (Å²) >= 11 is 0. The zero-order chi connectivity index (χ0) is 31.7. The molecule has 2 aromatic rings. The first-order chi connectivity index (χ1) is 20.0. The predicted molar refractivity (Wildman–Crippen MR) is 170 cm³/mol. The minimum atomic E-state index is -0.973. The van der Waals surface area contributed by atoms with Crippen LogP contribution in [0.4, 0.5) is 0 Å². The molecule has 0 bridgehead atoms. The normalized spacial score (nSPS) is 25.9. The highest BCUT2D eigenvalue weighted by atomic mass is 16.5. The van der Waals surface area contributed by atoms with Crippen molar-refractivity contribution in [3.63, 3.8) is 0 Å². The number of nitrogens with zero attached hydrogens (tertiary/aromatic N) is 1. The van der Waals surface area contributed by atoms with Gasteiger partial charge in [0.2, 0.25) is 5.91 Å². The van der Waals surface area contributed by atoms with Crippen molar-refractivity contribution < 1.29 is 24.2 Å². The van der Waals surface area contributed by atoms with Crippen LogP contribution in [0.5, 0.6) is 5.75 Å². The van der Waals surface area contributed by atoms with Crippen LogP contribution in [0.25, 0.3) is 0 Å². The molecule has 43 heavy (non-hydrogen) atoms. The van der Waals surface area contributed by atoms with Gasteiger partial charge in [-0.2, -0.15) is 0 Å². The number of amides is 1. The van der Waals surface area contributed by atoms with Gasteiger partial charge >= 0.3 is 5.97 Å². The predicted octanol–water partition coefficient (Wildman–Crippen LogP) is 6.75. The Labute approximate surface area is 258 Å². The lowest BCUT2D eigenvalue weighted by atomic mass is 9.72. The molecule has 0 saturated carbocycles. The zero-order valence-electron chi connectivity index (χ0n) is 27.6. The standard InChI is InChI=1S/C36H52N2O5/c1-34(2,3)26-15-16-27(42-9)25(20-26)21-37-30-29(35(4,5)6)32(33(40)41)38(31(30)24-13-11-10-12-14-24)28(39)19-23-17-18-36(7,8)43-22-23/h10-16,20,23,29-32,37H,17-19,21-22H2,1-9H3,(H,40,41)/t23?,29-,30-,31-,32-/m0/s1. The van der Waals surface area contributed by atoms with Gasteiger partial charge in [0.1, 0.15) is 11.8 Å². The van der Waals surface area contributed by atoms with E-state index < -0.39 is 23.5 Å². The molecule has 2 fully saturated rings. The fourth-order valence-corrected chi connectivity index (χ4v) is 6.94. The van der Waals surface area contributed by atoms with Gasteiger partial charge in [-0.25, -0.2) is 4.79 Å². The summed E-state index contributed by atoms with van der Waals surface area (Å²) in [6, 6.07) is 14.4. The number of benzene rings is 2. The highest BCUT2D eigenvalue weighted by Gasteiger charge is 2.57. The third kappa shape index (κ3) is 7.43. The Morgan fingerprint density at radius 2 is 1.74 bits per heavy atom. The van der Waals surface area contributed by atoms with Crippen LogP contribution in [0.1, 0.15) is 97.4 Å². The second kappa shape index (κ2) is 12.6. The van der Waals surface area contributed by atoms with Gasteiger partial charge in [0, 0.05) is 30.5 Å². The van der Waals surface area contributed by atoms with E-state index in [-0.39, 0.29) is 41.2 Å². The maximum absolute atomic E-state index is 14.3. The van der Waals surface area contributed by atoms with Crippen molar-refractivity contribution in [3.8, 4) is 5.75 Å². The van der Waals surface area contributed by atoms with Crippen LogP contribution in [0, 0.1) is 17.3 Å². The molecule has 0 aliphatic carbocycles. The number of rotatable bonds is 8.